The largest absolute Gasteiger partial charge is 0.352 e. The smallest absolute Gasteiger partial charge is 0.312 e. The third kappa shape index (κ3) is 2.93. The van der Waals surface area contributed by atoms with E-state index in [2.05, 4.69) is 26.2 Å². The molecule has 0 atom stereocenters. The van der Waals surface area contributed by atoms with Crippen molar-refractivity contribution in [2.24, 2.45) is 12.8 Å². The van der Waals surface area contributed by atoms with Crippen LogP contribution in [0, 0.1) is 0 Å². The second-order valence-electron chi connectivity index (χ2n) is 2.34. The Morgan fingerprint density at radius 1 is 1.62 bits per heavy atom. The molecule has 2 amide bonds. The second kappa shape index (κ2) is 4.24. The molecule has 13 heavy (non-hydrogen) atoms. The molecule has 0 saturated carbocycles. The van der Waals surface area contributed by atoms with E-state index in [0.29, 0.717) is 19.0 Å². The van der Waals surface area contributed by atoms with Gasteiger partial charge in [0.25, 0.3) is 0 Å². The molecule has 1 aromatic heterocycles. The van der Waals surface area contributed by atoms with Crippen LogP contribution < -0.4 is 16.4 Å². The average molecular weight is 185 g/mol. The topological polar surface area (TPSA) is 111 Å². The van der Waals surface area contributed by atoms with Crippen LogP contribution in [0.4, 0.5) is 10.7 Å². The van der Waals surface area contributed by atoms with Crippen LogP contribution in [0.25, 0.3) is 0 Å². The first-order chi connectivity index (χ1) is 6.20. The number of primary amides is 1. The van der Waals surface area contributed by atoms with E-state index >= 15 is 0 Å². The number of nitrogens with two attached hydrogens (primary N) is 1. The number of aryl methyl sites for hydroxylation is 1. The number of amides is 2. The van der Waals surface area contributed by atoms with Gasteiger partial charge in [0.2, 0.25) is 5.95 Å². The van der Waals surface area contributed by atoms with E-state index in [0.717, 1.165) is 0 Å². The average Bonchev–Trinajstić information content (AvgIpc) is 2.45. The van der Waals surface area contributed by atoms with Gasteiger partial charge >= 0.3 is 6.03 Å². The fourth-order valence-electron chi connectivity index (χ4n) is 0.739. The number of hydrogen-bond acceptors (Lipinski definition) is 5. The van der Waals surface area contributed by atoms with Gasteiger partial charge in [0.05, 0.1) is 0 Å². The number of anilines is 1. The minimum Gasteiger partial charge on any atom is -0.352 e. The van der Waals surface area contributed by atoms with Gasteiger partial charge in [-0.3, -0.25) is 0 Å². The van der Waals surface area contributed by atoms with Crippen LogP contribution in [0.1, 0.15) is 0 Å². The molecular weight excluding hydrogens is 174 g/mol. The lowest BCUT2D eigenvalue weighted by Gasteiger charge is -2.03. The van der Waals surface area contributed by atoms with Crippen molar-refractivity contribution in [2.45, 2.75) is 0 Å². The highest BCUT2D eigenvalue weighted by molar-refractivity contribution is 5.71. The Morgan fingerprint density at radius 2 is 2.38 bits per heavy atom. The molecule has 1 rings (SSSR count). The number of carbonyl (C=O) groups excluding carboxylic acids is 1. The molecule has 0 fully saturated rings. The number of rotatable bonds is 4. The van der Waals surface area contributed by atoms with Crippen molar-refractivity contribution in [1.82, 2.24) is 25.5 Å². The lowest BCUT2D eigenvalue weighted by atomic mass is 10.6. The van der Waals surface area contributed by atoms with Crippen LogP contribution in [-0.4, -0.2) is 39.3 Å². The Labute approximate surface area is 74.5 Å². The molecule has 0 radical (unpaired) electrons. The van der Waals surface area contributed by atoms with Gasteiger partial charge in [0.15, 0.2) is 0 Å². The van der Waals surface area contributed by atoms with Crippen molar-refractivity contribution in [3.8, 4) is 0 Å². The quantitative estimate of drug-likeness (QED) is 0.484. The molecule has 72 valence electrons. The highest BCUT2D eigenvalue weighted by atomic mass is 16.2. The van der Waals surface area contributed by atoms with Gasteiger partial charge in [-0.15, -0.1) is 0 Å². The van der Waals surface area contributed by atoms with Crippen molar-refractivity contribution in [3.05, 3.63) is 0 Å². The highest BCUT2D eigenvalue weighted by Crippen LogP contribution is 1.92. The molecule has 0 aliphatic carbocycles. The molecule has 0 bridgehead atoms. The Morgan fingerprint density at radius 3 is 2.92 bits per heavy atom. The van der Waals surface area contributed by atoms with Crippen molar-refractivity contribution in [2.75, 3.05) is 18.4 Å². The summed E-state index contributed by atoms with van der Waals surface area (Å²) in [6.45, 7) is 0.958. The van der Waals surface area contributed by atoms with E-state index in [9.17, 15) is 4.79 Å². The predicted molar refractivity (Wildman–Crippen MR) is 44.9 cm³/mol. The van der Waals surface area contributed by atoms with Crippen molar-refractivity contribution < 1.29 is 4.79 Å². The fraction of sp³-hybridized carbons (Fsp3) is 0.600. The van der Waals surface area contributed by atoms with E-state index in [1.807, 2.05) is 0 Å². The van der Waals surface area contributed by atoms with E-state index in [4.69, 9.17) is 5.73 Å². The van der Waals surface area contributed by atoms with Crippen LogP contribution in [0.15, 0.2) is 0 Å². The monoisotopic (exact) mass is 185 g/mol. The maximum Gasteiger partial charge on any atom is 0.312 e. The van der Waals surface area contributed by atoms with E-state index in [-0.39, 0.29) is 0 Å². The van der Waals surface area contributed by atoms with Crippen LogP contribution >= 0.6 is 0 Å². The number of nitrogens with zero attached hydrogens (tertiary/aromatic N) is 4. The number of carbonyl (C=O) groups is 1. The number of tetrazole rings is 1. The molecule has 8 nitrogen and oxygen atoms in total. The minimum absolute atomic E-state index is 0.433. The summed E-state index contributed by atoms with van der Waals surface area (Å²) in [4.78, 5) is 10.3. The zero-order valence-corrected chi connectivity index (χ0v) is 7.19. The molecule has 1 heterocycles. The summed E-state index contributed by atoms with van der Waals surface area (Å²) in [5, 5.41) is 16.0. The second-order valence-corrected chi connectivity index (χ2v) is 2.34. The Bertz CT molecular complexity index is 282. The van der Waals surface area contributed by atoms with Gasteiger partial charge in [-0.05, 0) is 10.4 Å². The van der Waals surface area contributed by atoms with Crippen LogP contribution in [0.5, 0.6) is 0 Å². The highest BCUT2D eigenvalue weighted by Gasteiger charge is 1.99. The van der Waals surface area contributed by atoms with Gasteiger partial charge in [-0.2, -0.15) is 0 Å². The molecule has 0 aliphatic rings. The summed E-state index contributed by atoms with van der Waals surface area (Å²) >= 11 is 0. The molecule has 0 aliphatic heterocycles. The molecule has 0 spiro atoms. The summed E-state index contributed by atoms with van der Waals surface area (Å²) < 4.78 is 1.49. The lowest BCUT2D eigenvalue weighted by Crippen LogP contribution is -2.33. The first-order valence-electron chi connectivity index (χ1n) is 3.69. The molecule has 8 heteroatoms. The molecule has 0 unspecified atom stereocenters. The standard InChI is InChI=1S/C5H11N7O/c1-12-5(9-10-11-12)8-3-2-7-4(6)13/h2-3H2,1H3,(H3,6,7,13)(H,8,9,11). The number of nitrogens with one attached hydrogen (secondary N) is 2. The normalized spacial score (nSPS) is 9.62. The third-order valence-electron chi connectivity index (χ3n) is 1.33. The molecule has 4 N–H and O–H groups in total. The van der Waals surface area contributed by atoms with E-state index < -0.39 is 6.03 Å². The number of aromatic nitrogens is 4. The van der Waals surface area contributed by atoms with E-state index in [1.54, 1.807) is 7.05 Å². The van der Waals surface area contributed by atoms with Crippen molar-refractivity contribution >= 4 is 12.0 Å². The summed E-state index contributed by atoms with van der Waals surface area (Å²) in [5.74, 6) is 0.547. The Balaban J connectivity index is 2.20. The SMILES string of the molecule is Cn1nnnc1NCCNC(N)=O. The number of hydrogen-bond donors (Lipinski definition) is 3. The van der Waals surface area contributed by atoms with Crippen LogP contribution in [0.3, 0.4) is 0 Å². The van der Waals surface area contributed by atoms with Gasteiger partial charge < -0.3 is 16.4 Å². The Kier molecular flexibility index (Phi) is 3.01. The minimum atomic E-state index is -0.544. The van der Waals surface area contributed by atoms with Gasteiger partial charge in [0, 0.05) is 20.1 Å². The lowest BCUT2D eigenvalue weighted by molar-refractivity contribution is 0.249. The van der Waals surface area contributed by atoms with E-state index in [1.165, 1.54) is 4.68 Å². The predicted octanol–water partition coefficient (Wildman–Crippen LogP) is -1.71. The van der Waals surface area contributed by atoms with Crippen molar-refractivity contribution in [1.29, 1.82) is 0 Å². The van der Waals surface area contributed by atoms with Crippen molar-refractivity contribution in [3.63, 3.8) is 0 Å². The summed E-state index contributed by atoms with van der Waals surface area (Å²) in [5.41, 5.74) is 4.86. The molecule has 0 aromatic carbocycles. The number of urea groups is 1. The zero-order valence-electron chi connectivity index (χ0n) is 7.19. The Hall–Kier alpha value is -1.86. The molecule has 0 saturated heterocycles. The van der Waals surface area contributed by atoms with Crippen LogP contribution in [0.2, 0.25) is 0 Å². The third-order valence-corrected chi connectivity index (χ3v) is 1.33. The van der Waals surface area contributed by atoms with Crippen LogP contribution in [-0.2, 0) is 7.05 Å². The molecule has 1 aromatic rings. The van der Waals surface area contributed by atoms with Gasteiger partial charge in [-0.1, -0.05) is 5.10 Å². The molecular formula is C5H11N7O. The first-order valence-corrected chi connectivity index (χ1v) is 3.69. The van der Waals surface area contributed by atoms with Gasteiger partial charge in [0.1, 0.15) is 0 Å². The summed E-state index contributed by atoms with van der Waals surface area (Å²) in [6, 6.07) is -0.544. The summed E-state index contributed by atoms with van der Waals surface area (Å²) in [7, 11) is 1.71. The summed E-state index contributed by atoms with van der Waals surface area (Å²) in [6.07, 6.45) is 0. The fourth-order valence-corrected chi connectivity index (χ4v) is 0.739. The zero-order chi connectivity index (χ0) is 9.68. The maximum absolute atomic E-state index is 10.3. The van der Waals surface area contributed by atoms with Gasteiger partial charge in [-0.25, -0.2) is 9.48 Å². The first kappa shape index (κ1) is 9.23. The maximum atomic E-state index is 10.3.